The highest BCUT2D eigenvalue weighted by molar-refractivity contribution is 5.87. The van der Waals surface area contributed by atoms with Crippen LogP contribution in [-0.4, -0.2) is 22.5 Å². The second-order valence-corrected chi connectivity index (χ2v) is 2.34. The molecule has 13 heavy (non-hydrogen) atoms. The largest absolute Gasteiger partial charge is 0.461 e. The van der Waals surface area contributed by atoms with Crippen LogP contribution in [0.2, 0.25) is 0 Å². The van der Waals surface area contributed by atoms with Gasteiger partial charge in [-0.2, -0.15) is 0 Å². The van der Waals surface area contributed by atoms with Crippen LogP contribution in [0.25, 0.3) is 0 Å². The molecule has 70 valence electrons. The number of ether oxygens (including phenoxy) is 1. The van der Waals surface area contributed by atoms with Crippen LogP contribution in [0.5, 0.6) is 0 Å². The third-order valence-corrected chi connectivity index (χ3v) is 1.43. The molecule has 0 fully saturated rings. The number of aryl methyl sites for hydroxylation is 1. The quantitative estimate of drug-likeness (QED) is 0.646. The zero-order valence-electron chi connectivity index (χ0n) is 7.37. The molecular weight excluding hydrogens is 175 g/mol. The number of carbonyl (C=O) groups excluding carboxylic acids is 1. The summed E-state index contributed by atoms with van der Waals surface area (Å²) in [7, 11) is 0. The minimum atomic E-state index is -0.759. The molecule has 1 rings (SSSR count). The van der Waals surface area contributed by atoms with Gasteiger partial charge >= 0.3 is 5.97 Å². The summed E-state index contributed by atoms with van der Waals surface area (Å²) in [5, 5.41) is 0. The Morgan fingerprint density at radius 2 is 2.31 bits per heavy atom. The van der Waals surface area contributed by atoms with E-state index in [1.54, 1.807) is 6.92 Å². The van der Waals surface area contributed by atoms with Crippen molar-refractivity contribution >= 4 is 5.97 Å². The molecule has 0 unspecified atom stereocenters. The molecule has 1 aromatic rings. The minimum absolute atomic E-state index is 0.137. The second-order valence-electron chi connectivity index (χ2n) is 2.34. The number of esters is 1. The Morgan fingerprint density at radius 1 is 1.62 bits per heavy atom. The van der Waals surface area contributed by atoms with Gasteiger partial charge in [0.15, 0.2) is 11.5 Å². The van der Waals surface area contributed by atoms with Gasteiger partial charge in [0, 0.05) is 0 Å². The summed E-state index contributed by atoms with van der Waals surface area (Å²) in [6, 6.07) is 0. The van der Waals surface area contributed by atoms with E-state index in [4.69, 9.17) is 0 Å². The van der Waals surface area contributed by atoms with Crippen molar-refractivity contribution in [3.8, 4) is 0 Å². The maximum Gasteiger partial charge on any atom is 0.360 e. The first kappa shape index (κ1) is 9.57. The molecule has 0 saturated heterocycles. The molecule has 1 aromatic heterocycles. The molecule has 0 bridgehead atoms. The van der Waals surface area contributed by atoms with Crippen LogP contribution in [0, 0.1) is 12.7 Å². The molecule has 0 N–H and O–H groups in total. The average molecular weight is 184 g/mol. The molecule has 0 aliphatic rings. The lowest BCUT2D eigenvalue weighted by atomic mass is 10.3. The average Bonchev–Trinajstić information content (AvgIpc) is 2.10. The summed E-state index contributed by atoms with van der Waals surface area (Å²) in [6.45, 7) is 3.30. The van der Waals surface area contributed by atoms with Crippen LogP contribution in [0.15, 0.2) is 6.33 Å². The molecule has 0 aliphatic carbocycles. The van der Waals surface area contributed by atoms with Crippen molar-refractivity contribution in [3.05, 3.63) is 23.5 Å². The minimum Gasteiger partial charge on any atom is -0.461 e. The number of aromatic nitrogens is 2. The fourth-order valence-corrected chi connectivity index (χ4v) is 0.800. The fraction of sp³-hybridized carbons (Fsp3) is 0.375. The van der Waals surface area contributed by atoms with Gasteiger partial charge in [-0.25, -0.2) is 19.2 Å². The van der Waals surface area contributed by atoms with E-state index in [0.29, 0.717) is 0 Å². The first-order chi connectivity index (χ1) is 6.16. The molecule has 4 nitrogen and oxygen atoms in total. The van der Waals surface area contributed by atoms with Crippen molar-refractivity contribution in [2.45, 2.75) is 13.8 Å². The molecule has 5 heteroatoms. The zero-order valence-corrected chi connectivity index (χ0v) is 7.37. The summed E-state index contributed by atoms with van der Waals surface area (Å²) in [5.41, 5.74) is -0.174. The highest BCUT2D eigenvalue weighted by Gasteiger charge is 2.16. The maximum atomic E-state index is 13.1. The number of rotatable bonds is 2. The van der Waals surface area contributed by atoms with Crippen LogP contribution in [0.4, 0.5) is 4.39 Å². The Morgan fingerprint density at radius 3 is 2.92 bits per heavy atom. The Hall–Kier alpha value is -1.52. The lowest BCUT2D eigenvalue weighted by molar-refractivity contribution is 0.0513. The summed E-state index contributed by atoms with van der Waals surface area (Å²) in [5.74, 6) is -1.48. The molecule has 0 spiro atoms. The molecular formula is C8H9FN2O2. The third kappa shape index (κ3) is 1.99. The van der Waals surface area contributed by atoms with Gasteiger partial charge in [0.05, 0.1) is 12.3 Å². The summed E-state index contributed by atoms with van der Waals surface area (Å²) in [4.78, 5) is 18.2. The molecule has 0 aromatic carbocycles. The molecule has 0 atom stereocenters. The topological polar surface area (TPSA) is 52.1 Å². The van der Waals surface area contributed by atoms with Crippen molar-refractivity contribution in [1.82, 2.24) is 9.97 Å². The Labute approximate surface area is 74.8 Å². The summed E-state index contributed by atoms with van der Waals surface area (Å²) >= 11 is 0. The van der Waals surface area contributed by atoms with Crippen molar-refractivity contribution < 1.29 is 13.9 Å². The maximum absolute atomic E-state index is 13.1. The van der Waals surface area contributed by atoms with E-state index in [9.17, 15) is 9.18 Å². The van der Waals surface area contributed by atoms with Crippen molar-refractivity contribution in [2.24, 2.45) is 0 Å². The monoisotopic (exact) mass is 184 g/mol. The number of carbonyl (C=O) groups is 1. The van der Waals surface area contributed by atoms with Crippen LogP contribution in [0.3, 0.4) is 0 Å². The van der Waals surface area contributed by atoms with Gasteiger partial charge in [0.25, 0.3) is 0 Å². The third-order valence-electron chi connectivity index (χ3n) is 1.43. The predicted octanol–water partition coefficient (Wildman–Crippen LogP) is 1.10. The lowest BCUT2D eigenvalue weighted by Gasteiger charge is -2.02. The Balaban J connectivity index is 3.01. The van der Waals surface area contributed by atoms with Crippen LogP contribution in [0.1, 0.15) is 23.1 Å². The van der Waals surface area contributed by atoms with E-state index in [1.165, 1.54) is 6.92 Å². The number of hydrogen-bond donors (Lipinski definition) is 0. The van der Waals surface area contributed by atoms with E-state index in [-0.39, 0.29) is 18.0 Å². The smallest absolute Gasteiger partial charge is 0.360 e. The van der Waals surface area contributed by atoms with Gasteiger partial charge in [-0.1, -0.05) is 0 Å². The molecule has 0 radical (unpaired) electrons. The lowest BCUT2D eigenvalue weighted by Crippen LogP contribution is -2.11. The van der Waals surface area contributed by atoms with Crippen molar-refractivity contribution in [3.63, 3.8) is 0 Å². The molecule has 0 saturated carbocycles. The van der Waals surface area contributed by atoms with Gasteiger partial charge in [0.1, 0.15) is 6.33 Å². The summed E-state index contributed by atoms with van der Waals surface area (Å²) in [6.07, 6.45) is 1.13. The van der Waals surface area contributed by atoms with Gasteiger partial charge in [-0.15, -0.1) is 0 Å². The van der Waals surface area contributed by atoms with Crippen molar-refractivity contribution in [1.29, 1.82) is 0 Å². The fourth-order valence-electron chi connectivity index (χ4n) is 0.800. The highest BCUT2D eigenvalue weighted by Crippen LogP contribution is 2.07. The van der Waals surface area contributed by atoms with E-state index in [2.05, 4.69) is 14.7 Å². The van der Waals surface area contributed by atoms with Gasteiger partial charge < -0.3 is 4.74 Å². The highest BCUT2D eigenvalue weighted by atomic mass is 19.1. The van der Waals surface area contributed by atoms with Crippen LogP contribution in [-0.2, 0) is 4.74 Å². The van der Waals surface area contributed by atoms with E-state index >= 15 is 0 Å². The van der Waals surface area contributed by atoms with Gasteiger partial charge in [-0.05, 0) is 13.8 Å². The Kier molecular flexibility index (Phi) is 2.89. The van der Waals surface area contributed by atoms with E-state index in [0.717, 1.165) is 6.33 Å². The first-order valence-electron chi connectivity index (χ1n) is 3.81. The zero-order chi connectivity index (χ0) is 9.84. The number of halogens is 1. The number of nitrogens with zero attached hydrogens (tertiary/aromatic N) is 2. The molecule has 0 aliphatic heterocycles. The van der Waals surface area contributed by atoms with E-state index in [1.807, 2.05) is 0 Å². The summed E-state index contributed by atoms with van der Waals surface area (Å²) < 4.78 is 17.7. The van der Waals surface area contributed by atoms with Crippen LogP contribution < -0.4 is 0 Å². The van der Waals surface area contributed by atoms with Gasteiger partial charge in [-0.3, -0.25) is 0 Å². The van der Waals surface area contributed by atoms with Crippen LogP contribution >= 0.6 is 0 Å². The molecule has 0 amide bonds. The second kappa shape index (κ2) is 3.93. The van der Waals surface area contributed by atoms with Crippen molar-refractivity contribution in [2.75, 3.05) is 6.61 Å². The SMILES string of the molecule is CCOC(=O)c1ncnc(C)c1F. The Bertz CT molecular complexity index is 328. The van der Waals surface area contributed by atoms with E-state index < -0.39 is 11.8 Å². The normalized spacial score (nSPS) is 9.77. The first-order valence-corrected chi connectivity index (χ1v) is 3.81. The van der Waals surface area contributed by atoms with Gasteiger partial charge in [0.2, 0.25) is 0 Å². The standard InChI is InChI=1S/C8H9FN2O2/c1-3-13-8(12)7-6(9)5(2)10-4-11-7/h4H,3H2,1-2H3. The number of hydrogen-bond acceptors (Lipinski definition) is 4. The molecule has 1 heterocycles. The predicted molar refractivity (Wildman–Crippen MR) is 42.7 cm³/mol.